The van der Waals surface area contributed by atoms with Gasteiger partial charge in [0.05, 0.1) is 0 Å². The molecule has 0 bridgehead atoms. The summed E-state index contributed by atoms with van der Waals surface area (Å²) in [4.78, 5) is 2.71. The molecule has 0 aromatic heterocycles. The van der Waals surface area contributed by atoms with Gasteiger partial charge in [-0.15, -0.1) is 0 Å². The van der Waals surface area contributed by atoms with E-state index < -0.39 is 0 Å². The first-order valence-corrected chi connectivity index (χ1v) is 8.03. The highest BCUT2D eigenvalue weighted by molar-refractivity contribution is 4.99. The summed E-state index contributed by atoms with van der Waals surface area (Å²) >= 11 is 0. The molecule has 0 radical (unpaired) electrons. The maximum absolute atomic E-state index is 6.22. The highest BCUT2D eigenvalue weighted by Crippen LogP contribution is 2.40. The fraction of sp³-hybridized carbons (Fsp3) is 1.00. The van der Waals surface area contributed by atoms with Gasteiger partial charge in [0.2, 0.25) is 0 Å². The van der Waals surface area contributed by atoms with Gasteiger partial charge in [0.1, 0.15) is 0 Å². The Morgan fingerprint density at radius 2 is 1.74 bits per heavy atom. The molecule has 1 aliphatic carbocycles. The predicted octanol–water partition coefficient (Wildman–Crippen LogP) is 2.50. The number of piperidine rings is 1. The minimum Gasteiger partial charge on any atom is -0.384 e. The minimum atomic E-state index is 0.287. The van der Waals surface area contributed by atoms with E-state index in [-0.39, 0.29) is 5.54 Å². The second-order valence-electron chi connectivity index (χ2n) is 7.17. The number of hydrogen-bond donors (Lipinski definition) is 1. The number of methoxy groups -OCH3 is 1. The SMILES string of the molecule is COCC1CCN(C2(CN)CC(C)CC(C)C2)CC1. The van der Waals surface area contributed by atoms with Gasteiger partial charge < -0.3 is 10.5 Å². The van der Waals surface area contributed by atoms with Gasteiger partial charge in [-0.1, -0.05) is 13.8 Å². The van der Waals surface area contributed by atoms with Gasteiger partial charge in [-0.25, -0.2) is 0 Å². The van der Waals surface area contributed by atoms with Crippen molar-refractivity contribution in [2.45, 2.75) is 51.5 Å². The molecule has 3 nitrogen and oxygen atoms in total. The number of rotatable bonds is 4. The van der Waals surface area contributed by atoms with Crippen LogP contribution in [0, 0.1) is 17.8 Å². The van der Waals surface area contributed by atoms with Crippen molar-refractivity contribution in [3.05, 3.63) is 0 Å². The second-order valence-corrected chi connectivity index (χ2v) is 7.17. The first-order valence-electron chi connectivity index (χ1n) is 8.03. The largest absolute Gasteiger partial charge is 0.384 e. The summed E-state index contributed by atoms with van der Waals surface area (Å²) in [6.45, 7) is 8.98. The molecule has 112 valence electrons. The van der Waals surface area contributed by atoms with E-state index in [9.17, 15) is 0 Å². The lowest BCUT2D eigenvalue weighted by atomic mass is 9.70. The summed E-state index contributed by atoms with van der Waals surface area (Å²) < 4.78 is 5.30. The molecule has 2 rings (SSSR count). The Balaban J connectivity index is 1.98. The highest BCUT2D eigenvalue weighted by Gasteiger charge is 2.42. The van der Waals surface area contributed by atoms with E-state index in [1.54, 1.807) is 0 Å². The normalized spacial score (nSPS) is 38.5. The predicted molar refractivity (Wildman–Crippen MR) is 80.1 cm³/mol. The molecule has 2 N–H and O–H groups in total. The van der Waals surface area contributed by atoms with Crippen LogP contribution in [-0.2, 0) is 4.74 Å². The van der Waals surface area contributed by atoms with Gasteiger partial charge in [-0.05, 0) is 62.9 Å². The molecule has 1 saturated carbocycles. The number of hydrogen-bond acceptors (Lipinski definition) is 3. The molecular formula is C16H32N2O. The fourth-order valence-electron chi connectivity index (χ4n) is 4.60. The zero-order chi connectivity index (χ0) is 13.9. The Morgan fingerprint density at radius 1 is 1.16 bits per heavy atom. The fourth-order valence-corrected chi connectivity index (χ4v) is 4.60. The highest BCUT2D eigenvalue weighted by atomic mass is 16.5. The molecule has 3 heteroatoms. The molecule has 1 heterocycles. The molecule has 1 aliphatic heterocycles. The molecule has 0 amide bonds. The lowest BCUT2D eigenvalue weighted by Gasteiger charge is -2.51. The molecular weight excluding hydrogens is 236 g/mol. The van der Waals surface area contributed by atoms with Crippen LogP contribution < -0.4 is 5.73 Å². The Bertz CT molecular complexity index is 264. The van der Waals surface area contributed by atoms with Crippen molar-refractivity contribution in [1.82, 2.24) is 4.90 Å². The molecule has 2 unspecified atom stereocenters. The van der Waals surface area contributed by atoms with Crippen LogP contribution in [0.15, 0.2) is 0 Å². The Labute approximate surface area is 118 Å². The molecule has 19 heavy (non-hydrogen) atoms. The third-order valence-electron chi connectivity index (χ3n) is 5.33. The van der Waals surface area contributed by atoms with Crippen LogP contribution in [0.4, 0.5) is 0 Å². The summed E-state index contributed by atoms with van der Waals surface area (Å²) in [5, 5.41) is 0. The molecule has 2 aliphatic rings. The van der Waals surface area contributed by atoms with Crippen molar-refractivity contribution >= 4 is 0 Å². The van der Waals surface area contributed by atoms with Crippen molar-refractivity contribution < 1.29 is 4.74 Å². The van der Waals surface area contributed by atoms with Crippen LogP contribution in [0.3, 0.4) is 0 Å². The van der Waals surface area contributed by atoms with Gasteiger partial charge in [0, 0.05) is 25.8 Å². The Morgan fingerprint density at radius 3 is 2.21 bits per heavy atom. The van der Waals surface area contributed by atoms with E-state index in [4.69, 9.17) is 10.5 Å². The number of nitrogens with two attached hydrogens (primary N) is 1. The summed E-state index contributed by atoms with van der Waals surface area (Å²) in [5.74, 6) is 2.41. The smallest absolute Gasteiger partial charge is 0.0491 e. The van der Waals surface area contributed by atoms with E-state index >= 15 is 0 Å². The number of likely N-dealkylation sites (tertiary alicyclic amines) is 1. The second kappa shape index (κ2) is 6.55. The first kappa shape index (κ1) is 15.3. The van der Waals surface area contributed by atoms with Gasteiger partial charge in [-0.2, -0.15) is 0 Å². The van der Waals surface area contributed by atoms with E-state index in [0.717, 1.165) is 30.9 Å². The lowest BCUT2D eigenvalue weighted by molar-refractivity contribution is -0.0119. The molecule has 0 spiro atoms. The number of nitrogens with zero attached hydrogens (tertiary/aromatic N) is 1. The zero-order valence-electron chi connectivity index (χ0n) is 13.0. The van der Waals surface area contributed by atoms with Crippen molar-refractivity contribution in [2.75, 3.05) is 33.4 Å². The van der Waals surface area contributed by atoms with Gasteiger partial charge in [0.25, 0.3) is 0 Å². The van der Waals surface area contributed by atoms with Crippen LogP contribution in [-0.4, -0.2) is 43.8 Å². The van der Waals surface area contributed by atoms with Crippen LogP contribution in [0.2, 0.25) is 0 Å². The third-order valence-corrected chi connectivity index (χ3v) is 5.33. The molecule has 1 saturated heterocycles. The molecule has 2 atom stereocenters. The monoisotopic (exact) mass is 268 g/mol. The number of ether oxygens (including phenoxy) is 1. The Kier molecular flexibility index (Phi) is 5.27. The zero-order valence-corrected chi connectivity index (χ0v) is 13.0. The first-order chi connectivity index (χ1) is 9.09. The van der Waals surface area contributed by atoms with Crippen molar-refractivity contribution in [2.24, 2.45) is 23.5 Å². The summed E-state index contributed by atoms with van der Waals surface area (Å²) in [6.07, 6.45) is 6.52. The molecule has 0 aromatic rings. The average molecular weight is 268 g/mol. The average Bonchev–Trinajstić information content (AvgIpc) is 2.38. The maximum atomic E-state index is 6.22. The standard InChI is InChI=1S/C16H32N2O/c1-13-8-14(2)10-16(9-13,12-17)18-6-4-15(5-7-18)11-19-3/h13-15H,4-12,17H2,1-3H3. The summed E-state index contributed by atoms with van der Waals surface area (Å²) in [5.41, 5.74) is 6.51. The van der Waals surface area contributed by atoms with E-state index in [1.165, 1.54) is 45.2 Å². The van der Waals surface area contributed by atoms with Gasteiger partial charge in [0.15, 0.2) is 0 Å². The van der Waals surface area contributed by atoms with E-state index in [0.29, 0.717) is 0 Å². The Hall–Kier alpha value is -0.120. The summed E-state index contributed by atoms with van der Waals surface area (Å²) in [6, 6.07) is 0. The van der Waals surface area contributed by atoms with Gasteiger partial charge >= 0.3 is 0 Å². The topological polar surface area (TPSA) is 38.5 Å². The lowest BCUT2D eigenvalue weighted by Crippen LogP contribution is -2.59. The van der Waals surface area contributed by atoms with E-state index in [2.05, 4.69) is 18.7 Å². The van der Waals surface area contributed by atoms with Crippen molar-refractivity contribution in [3.8, 4) is 0 Å². The molecule has 0 aromatic carbocycles. The van der Waals surface area contributed by atoms with Crippen molar-refractivity contribution in [1.29, 1.82) is 0 Å². The quantitative estimate of drug-likeness (QED) is 0.851. The van der Waals surface area contributed by atoms with Crippen molar-refractivity contribution in [3.63, 3.8) is 0 Å². The van der Waals surface area contributed by atoms with E-state index in [1.807, 2.05) is 7.11 Å². The van der Waals surface area contributed by atoms with Crippen LogP contribution in [0.1, 0.15) is 46.0 Å². The third kappa shape index (κ3) is 3.50. The van der Waals surface area contributed by atoms with Crippen LogP contribution in [0.25, 0.3) is 0 Å². The van der Waals surface area contributed by atoms with Gasteiger partial charge in [-0.3, -0.25) is 4.90 Å². The summed E-state index contributed by atoms with van der Waals surface area (Å²) in [7, 11) is 1.82. The minimum absolute atomic E-state index is 0.287. The maximum Gasteiger partial charge on any atom is 0.0491 e. The molecule has 2 fully saturated rings. The van der Waals surface area contributed by atoms with Crippen LogP contribution in [0.5, 0.6) is 0 Å². The van der Waals surface area contributed by atoms with Crippen LogP contribution >= 0.6 is 0 Å².